The van der Waals surface area contributed by atoms with Gasteiger partial charge in [0.2, 0.25) is 5.91 Å². The Kier molecular flexibility index (Phi) is 13.5. The minimum Gasteiger partial charge on any atom is -0.497 e. The second-order valence-corrected chi connectivity index (χ2v) is 16.5. The number of methoxy groups -OCH3 is 1. The zero-order chi connectivity index (χ0) is 38.2. The molecule has 54 heavy (non-hydrogen) atoms. The van der Waals surface area contributed by atoms with E-state index in [-0.39, 0.29) is 24.1 Å². The summed E-state index contributed by atoms with van der Waals surface area (Å²) in [5.74, 6) is 1.95. The van der Waals surface area contributed by atoms with Crippen LogP contribution in [0.25, 0.3) is 0 Å². The Morgan fingerprint density at radius 3 is 2.30 bits per heavy atom. The number of likely N-dealkylation sites (tertiary alicyclic amines) is 1. The van der Waals surface area contributed by atoms with Crippen LogP contribution in [-0.2, 0) is 33.7 Å². The lowest BCUT2D eigenvalue weighted by Crippen LogP contribution is -2.59. The van der Waals surface area contributed by atoms with Gasteiger partial charge in [-0.15, -0.1) is 0 Å². The molecule has 3 aliphatic carbocycles. The van der Waals surface area contributed by atoms with Crippen LogP contribution >= 0.6 is 0 Å². The molecule has 3 aliphatic heterocycles. The van der Waals surface area contributed by atoms with Gasteiger partial charge in [-0.05, 0) is 78.2 Å². The van der Waals surface area contributed by atoms with E-state index in [1.807, 2.05) is 53.4 Å². The predicted molar refractivity (Wildman–Crippen MR) is 209 cm³/mol. The standard InChI is InChI=1S/C33H52BN3O5.C9H9NO2/c1-5-6-7-8-9-10-11-18-36(22-24-14-16-26(40-4)17-15-24)32(39)37-19-12-13-28(37)31(38)35-23-34-41-29-21-25-20-27(30(29)42-34)33(25,2)3;11-9(12)10-5-7-3-1-2-4-8(7)6-10/h14-17,25,27-30H,5-13,18-23H2,1-4H3,(H,35,38);1-4H,5-6H2,(H,11,12)/t25?,27?,28-,29?,30?;/m0./s1. The van der Waals surface area contributed by atoms with Crippen LogP contribution in [0.3, 0.4) is 0 Å². The summed E-state index contributed by atoms with van der Waals surface area (Å²) in [7, 11) is 1.25. The van der Waals surface area contributed by atoms with Gasteiger partial charge in [0, 0.05) is 32.7 Å². The third-order valence-electron chi connectivity index (χ3n) is 12.7. The maximum absolute atomic E-state index is 13.9. The highest BCUT2D eigenvalue weighted by atomic mass is 16.7. The summed E-state index contributed by atoms with van der Waals surface area (Å²) in [6.45, 7) is 9.81. The van der Waals surface area contributed by atoms with E-state index in [0.717, 1.165) is 48.1 Å². The van der Waals surface area contributed by atoms with Crippen LogP contribution in [0.2, 0.25) is 0 Å². The van der Waals surface area contributed by atoms with Gasteiger partial charge in [0.25, 0.3) is 0 Å². The maximum atomic E-state index is 13.9. The fourth-order valence-corrected chi connectivity index (χ4v) is 9.17. The molecule has 8 rings (SSSR count). The van der Waals surface area contributed by atoms with Gasteiger partial charge in [-0.3, -0.25) is 9.69 Å². The van der Waals surface area contributed by atoms with Gasteiger partial charge in [0.15, 0.2) is 0 Å². The summed E-state index contributed by atoms with van der Waals surface area (Å²) in [6, 6.07) is 15.2. The van der Waals surface area contributed by atoms with Gasteiger partial charge >= 0.3 is 19.2 Å². The SMILES string of the molecule is CCCCCCCCCN(Cc1ccc(OC)cc1)C(=O)N1CCC[C@H]1C(=O)NCB1OC2CC3CC(C2O1)C3(C)C.O=C(O)N1Cc2ccccc2C1. The first kappa shape index (κ1) is 39.9. The van der Waals surface area contributed by atoms with E-state index in [1.165, 1.54) is 43.4 Å². The summed E-state index contributed by atoms with van der Waals surface area (Å²) >= 11 is 0. The number of urea groups is 1. The second-order valence-electron chi connectivity index (χ2n) is 16.5. The Hall–Kier alpha value is -3.77. The Morgan fingerprint density at radius 1 is 0.963 bits per heavy atom. The highest BCUT2D eigenvalue weighted by Gasteiger charge is 2.62. The lowest BCUT2D eigenvalue weighted by Gasteiger charge is -2.60. The molecule has 5 fully saturated rings. The van der Waals surface area contributed by atoms with Gasteiger partial charge < -0.3 is 34.3 Å². The summed E-state index contributed by atoms with van der Waals surface area (Å²) < 4.78 is 17.8. The Labute approximate surface area is 322 Å². The fourth-order valence-electron chi connectivity index (χ4n) is 9.17. The molecule has 6 aliphatic rings. The van der Waals surface area contributed by atoms with E-state index in [9.17, 15) is 14.4 Å². The van der Waals surface area contributed by atoms with Gasteiger partial charge in [0.1, 0.15) is 11.8 Å². The van der Waals surface area contributed by atoms with E-state index in [4.69, 9.17) is 19.2 Å². The molecule has 3 heterocycles. The number of fused-ring (bicyclic) bond motifs is 1. The fraction of sp³-hybridized carbons (Fsp3) is 0.643. The average Bonchev–Trinajstić information content (AvgIpc) is 3.95. The highest BCUT2D eigenvalue weighted by molar-refractivity contribution is 6.45. The summed E-state index contributed by atoms with van der Waals surface area (Å²) in [5, 5.41) is 11.8. The second kappa shape index (κ2) is 18.2. The molecule has 11 nitrogen and oxygen atoms in total. The largest absolute Gasteiger partial charge is 0.497 e. The summed E-state index contributed by atoms with van der Waals surface area (Å²) in [4.78, 5) is 43.0. The maximum Gasteiger partial charge on any atom is 0.478 e. The van der Waals surface area contributed by atoms with Crippen LogP contribution in [-0.4, -0.2) is 89.8 Å². The van der Waals surface area contributed by atoms with Crippen molar-refractivity contribution in [2.75, 3.05) is 26.6 Å². The molecule has 0 spiro atoms. The summed E-state index contributed by atoms with van der Waals surface area (Å²) in [6.07, 6.45) is 11.9. The molecule has 0 radical (unpaired) electrons. The minimum absolute atomic E-state index is 0.0455. The van der Waals surface area contributed by atoms with Crippen molar-refractivity contribution >= 4 is 25.1 Å². The third kappa shape index (κ3) is 9.36. The van der Waals surface area contributed by atoms with Crippen molar-refractivity contribution in [3.63, 3.8) is 0 Å². The first-order valence-electron chi connectivity index (χ1n) is 20.4. The highest BCUT2D eigenvalue weighted by Crippen LogP contribution is 2.61. The number of carboxylic acid groups (broad SMARTS) is 1. The number of unbranched alkanes of at least 4 members (excludes halogenated alkanes) is 6. The number of rotatable bonds is 14. The van der Waals surface area contributed by atoms with Crippen LogP contribution in [0.1, 0.15) is 108 Å². The average molecular weight is 745 g/mol. The van der Waals surface area contributed by atoms with Gasteiger partial charge in [-0.25, -0.2) is 9.59 Å². The molecule has 2 N–H and O–H groups in total. The lowest BCUT2D eigenvalue weighted by molar-refractivity contribution is -0.150. The molecule has 2 aromatic rings. The van der Waals surface area contributed by atoms with E-state index in [0.29, 0.717) is 62.8 Å². The van der Waals surface area contributed by atoms with Crippen LogP contribution in [0.15, 0.2) is 48.5 Å². The van der Waals surface area contributed by atoms with E-state index in [2.05, 4.69) is 26.1 Å². The normalized spacial score (nSPS) is 24.5. The molecule has 4 amide bonds. The van der Waals surface area contributed by atoms with Crippen molar-refractivity contribution in [2.45, 2.75) is 129 Å². The van der Waals surface area contributed by atoms with Crippen molar-refractivity contribution < 1.29 is 33.5 Å². The minimum atomic E-state index is -0.841. The van der Waals surface area contributed by atoms with Crippen molar-refractivity contribution in [1.29, 1.82) is 0 Å². The van der Waals surface area contributed by atoms with Crippen molar-refractivity contribution in [3.8, 4) is 5.75 Å². The molecular formula is C42H61BN4O7. The van der Waals surface area contributed by atoms with Crippen molar-refractivity contribution in [3.05, 3.63) is 65.2 Å². The number of carbonyl (C=O) groups is 3. The smallest absolute Gasteiger partial charge is 0.478 e. The number of benzene rings is 2. The van der Waals surface area contributed by atoms with E-state index in [1.54, 1.807) is 12.0 Å². The molecule has 2 aromatic carbocycles. The third-order valence-corrected chi connectivity index (χ3v) is 12.7. The number of ether oxygens (including phenoxy) is 1. The molecule has 12 heteroatoms. The Bertz CT molecular complexity index is 1550. The summed E-state index contributed by atoms with van der Waals surface area (Å²) in [5.41, 5.74) is 3.63. The molecule has 5 atom stereocenters. The number of nitrogens with one attached hydrogen (secondary N) is 1. The van der Waals surface area contributed by atoms with Gasteiger partial charge in [0.05, 0.1) is 25.8 Å². The molecule has 2 saturated heterocycles. The Balaban J connectivity index is 0.000000349. The molecular weight excluding hydrogens is 683 g/mol. The molecule has 2 bridgehead atoms. The lowest BCUT2D eigenvalue weighted by atomic mass is 9.47. The first-order valence-corrected chi connectivity index (χ1v) is 20.4. The topological polar surface area (TPSA) is 121 Å². The molecule has 4 unspecified atom stereocenters. The zero-order valence-corrected chi connectivity index (χ0v) is 32.8. The van der Waals surface area contributed by atoms with Crippen LogP contribution in [0.5, 0.6) is 5.75 Å². The van der Waals surface area contributed by atoms with Gasteiger partial charge in [-0.2, -0.15) is 0 Å². The molecule has 294 valence electrons. The first-order chi connectivity index (χ1) is 26.1. The quantitative estimate of drug-likeness (QED) is 0.152. The zero-order valence-electron chi connectivity index (χ0n) is 32.8. The van der Waals surface area contributed by atoms with Crippen LogP contribution < -0.4 is 10.1 Å². The van der Waals surface area contributed by atoms with Crippen LogP contribution in [0.4, 0.5) is 9.59 Å². The van der Waals surface area contributed by atoms with E-state index >= 15 is 0 Å². The van der Waals surface area contributed by atoms with Gasteiger partial charge in [-0.1, -0.05) is 95.7 Å². The molecule has 3 saturated carbocycles. The monoisotopic (exact) mass is 744 g/mol. The number of amides is 4. The molecule has 0 aromatic heterocycles. The van der Waals surface area contributed by atoms with Crippen molar-refractivity contribution in [1.82, 2.24) is 20.0 Å². The van der Waals surface area contributed by atoms with Crippen molar-refractivity contribution in [2.24, 2.45) is 17.3 Å². The predicted octanol–water partition coefficient (Wildman–Crippen LogP) is 7.51. The number of carbonyl (C=O) groups excluding carboxylic acids is 2. The van der Waals surface area contributed by atoms with Crippen LogP contribution in [0, 0.1) is 17.3 Å². The van der Waals surface area contributed by atoms with E-state index < -0.39 is 19.3 Å². The number of hydrogen-bond donors (Lipinski definition) is 2. The number of hydrogen-bond acceptors (Lipinski definition) is 6. The Morgan fingerprint density at radius 2 is 1.65 bits per heavy atom. The number of nitrogens with zero attached hydrogens (tertiary/aromatic N) is 3.